The van der Waals surface area contributed by atoms with Gasteiger partial charge in [0.25, 0.3) is 0 Å². The van der Waals surface area contributed by atoms with Crippen molar-refractivity contribution < 1.29 is 9.13 Å². The molecular formula is C23H23FN2OS. The van der Waals surface area contributed by atoms with Crippen LogP contribution in [0.2, 0.25) is 0 Å². The molecule has 0 unspecified atom stereocenters. The van der Waals surface area contributed by atoms with E-state index in [2.05, 4.69) is 17.1 Å². The van der Waals surface area contributed by atoms with Crippen LogP contribution in [-0.2, 0) is 13.2 Å². The fourth-order valence-electron chi connectivity index (χ4n) is 2.72. The first-order valence-corrected chi connectivity index (χ1v) is 9.62. The molecule has 3 aromatic carbocycles. The molecule has 3 aromatic rings. The lowest BCUT2D eigenvalue weighted by Gasteiger charge is -2.24. The summed E-state index contributed by atoms with van der Waals surface area (Å²) in [4.78, 5) is 2.05. The normalized spacial score (nSPS) is 10.4. The van der Waals surface area contributed by atoms with Gasteiger partial charge in [0.2, 0.25) is 0 Å². The van der Waals surface area contributed by atoms with E-state index in [4.69, 9.17) is 17.0 Å². The molecule has 0 aliphatic rings. The summed E-state index contributed by atoms with van der Waals surface area (Å²) in [6.45, 7) is 4.05. The van der Waals surface area contributed by atoms with Gasteiger partial charge in [0.15, 0.2) is 5.11 Å². The Labute approximate surface area is 170 Å². The lowest BCUT2D eigenvalue weighted by molar-refractivity contribution is 0.306. The van der Waals surface area contributed by atoms with E-state index >= 15 is 0 Å². The lowest BCUT2D eigenvalue weighted by Crippen LogP contribution is -2.34. The number of halogens is 1. The van der Waals surface area contributed by atoms with Crippen molar-refractivity contribution in [1.82, 2.24) is 4.90 Å². The van der Waals surface area contributed by atoms with Gasteiger partial charge in [-0.1, -0.05) is 42.5 Å². The molecule has 0 radical (unpaired) electrons. The van der Waals surface area contributed by atoms with Crippen LogP contribution in [-0.4, -0.2) is 16.6 Å². The number of nitrogens with one attached hydrogen (secondary N) is 1. The van der Waals surface area contributed by atoms with Gasteiger partial charge in [0.1, 0.15) is 18.2 Å². The number of hydrogen-bond donors (Lipinski definition) is 1. The molecule has 0 saturated carbocycles. The largest absolute Gasteiger partial charge is 0.489 e. The van der Waals surface area contributed by atoms with Crippen LogP contribution < -0.4 is 10.1 Å². The van der Waals surface area contributed by atoms with Gasteiger partial charge in [0, 0.05) is 18.8 Å². The van der Waals surface area contributed by atoms with Crippen molar-refractivity contribution in [2.75, 3.05) is 11.9 Å². The molecule has 5 heteroatoms. The highest BCUT2D eigenvalue weighted by Gasteiger charge is 2.09. The van der Waals surface area contributed by atoms with Crippen molar-refractivity contribution in [2.24, 2.45) is 0 Å². The summed E-state index contributed by atoms with van der Waals surface area (Å²) >= 11 is 5.51. The summed E-state index contributed by atoms with van der Waals surface area (Å²) in [7, 11) is 0. The SMILES string of the molecule is CCN(Cc1ccc(OCc2ccccc2)cc1)C(=S)Nc1ccc(F)cc1. The van der Waals surface area contributed by atoms with Crippen molar-refractivity contribution >= 4 is 23.0 Å². The summed E-state index contributed by atoms with van der Waals surface area (Å²) in [5.74, 6) is 0.570. The summed E-state index contributed by atoms with van der Waals surface area (Å²) in [5.41, 5.74) is 3.05. The average Bonchev–Trinajstić information content (AvgIpc) is 2.73. The van der Waals surface area contributed by atoms with Crippen LogP contribution in [0.4, 0.5) is 10.1 Å². The molecule has 0 aliphatic heterocycles. The van der Waals surface area contributed by atoms with Crippen molar-refractivity contribution in [3.63, 3.8) is 0 Å². The van der Waals surface area contributed by atoms with Gasteiger partial charge in [-0.05, 0) is 66.7 Å². The molecule has 0 fully saturated rings. The Morgan fingerprint density at radius 3 is 2.25 bits per heavy atom. The maximum Gasteiger partial charge on any atom is 0.173 e. The fraction of sp³-hybridized carbons (Fsp3) is 0.174. The molecule has 3 nitrogen and oxygen atoms in total. The van der Waals surface area contributed by atoms with Gasteiger partial charge in [-0.2, -0.15) is 0 Å². The molecular weight excluding hydrogens is 371 g/mol. The van der Waals surface area contributed by atoms with Crippen molar-refractivity contribution in [3.8, 4) is 5.75 Å². The van der Waals surface area contributed by atoms with Gasteiger partial charge in [0.05, 0.1) is 0 Å². The standard InChI is InChI=1S/C23H23FN2OS/c1-2-26(23(28)25-21-12-10-20(24)11-13-21)16-18-8-14-22(15-9-18)27-17-19-6-4-3-5-7-19/h3-15H,2,16-17H2,1H3,(H,25,28). The van der Waals surface area contributed by atoms with Crippen LogP contribution in [0.15, 0.2) is 78.9 Å². The molecule has 144 valence electrons. The number of ether oxygens (including phenoxy) is 1. The van der Waals surface area contributed by atoms with E-state index in [0.717, 1.165) is 29.1 Å². The Hall–Kier alpha value is -2.92. The number of anilines is 1. The highest BCUT2D eigenvalue weighted by Crippen LogP contribution is 2.16. The van der Waals surface area contributed by atoms with Crippen molar-refractivity contribution in [3.05, 3.63) is 95.8 Å². The minimum absolute atomic E-state index is 0.265. The Kier molecular flexibility index (Phi) is 6.98. The Bertz CT molecular complexity index is 883. The van der Waals surface area contributed by atoms with Crippen molar-refractivity contribution in [2.45, 2.75) is 20.1 Å². The molecule has 3 rings (SSSR count). The molecule has 0 spiro atoms. The predicted molar refractivity (Wildman–Crippen MR) is 116 cm³/mol. The molecule has 0 saturated heterocycles. The van der Waals surface area contributed by atoms with Crippen LogP contribution in [0.25, 0.3) is 0 Å². The molecule has 0 amide bonds. The van der Waals surface area contributed by atoms with Crippen LogP contribution >= 0.6 is 12.2 Å². The third-order valence-electron chi connectivity index (χ3n) is 4.31. The van der Waals surface area contributed by atoms with Gasteiger partial charge in [-0.3, -0.25) is 0 Å². The van der Waals surface area contributed by atoms with Gasteiger partial charge < -0.3 is 15.0 Å². The first-order valence-electron chi connectivity index (χ1n) is 9.21. The summed E-state index contributed by atoms with van der Waals surface area (Å²) in [5, 5.41) is 3.77. The second-order valence-electron chi connectivity index (χ2n) is 6.37. The lowest BCUT2D eigenvalue weighted by atomic mass is 10.2. The van der Waals surface area contributed by atoms with E-state index in [-0.39, 0.29) is 5.82 Å². The predicted octanol–water partition coefficient (Wildman–Crippen LogP) is 5.62. The van der Waals surface area contributed by atoms with Gasteiger partial charge in [-0.25, -0.2) is 4.39 Å². The highest BCUT2D eigenvalue weighted by molar-refractivity contribution is 7.80. The van der Waals surface area contributed by atoms with Gasteiger partial charge >= 0.3 is 0 Å². The third-order valence-corrected chi connectivity index (χ3v) is 4.67. The zero-order valence-corrected chi connectivity index (χ0v) is 16.6. The van der Waals surface area contributed by atoms with E-state index in [1.165, 1.54) is 12.1 Å². The van der Waals surface area contributed by atoms with Crippen molar-refractivity contribution in [1.29, 1.82) is 0 Å². The van der Waals surface area contributed by atoms with E-state index in [1.54, 1.807) is 12.1 Å². The highest BCUT2D eigenvalue weighted by atomic mass is 32.1. The number of nitrogens with zero attached hydrogens (tertiary/aromatic N) is 1. The average molecular weight is 395 g/mol. The number of benzene rings is 3. The molecule has 0 bridgehead atoms. The Balaban J connectivity index is 1.55. The molecule has 0 aromatic heterocycles. The molecule has 1 N–H and O–H groups in total. The molecule has 0 aliphatic carbocycles. The summed E-state index contributed by atoms with van der Waals surface area (Å²) in [6.07, 6.45) is 0. The maximum absolute atomic E-state index is 13.0. The maximum atomic E-state index is 13.0. The van der Waals surface area contributed by atoms with E-state index in [0.29, 0.717) is 18.3 Å². The number of hydrogen-bond acceptors (Lipinski definition) is 2. The summed E-state index contributed by atoms with van der Waals surface area (Å²) < 4.78 is 18.9. The van der Waals surface area contributed by atoms with Crippen LogP contribution in [0, 0.1) is 5.82 Å². The van der Waals surface area contributed by atoms with Gasteiger partial charge in [-0.15, -0.1) is 0 Å². The quantitative estimate of drug-likeness (QED) is 0.526. The third kappa shape index (κ3) is 5.79. The zero-order chi connectivity index (χ0) is 19.8. The first kappa shape index (κ1) is 19.8. The minimum atomic E-state index is -0.265. The van der Waals surface area contributed by atoms with Crippen LogP contribution in [0.5, 0.6) is 5.75 Å². The van der Waals surface area contributed by atoms with Crippen LogP contribution in [0.3, 0.4) is 0 Å². The second kappa shape index (κ2) is 9.85. The smallest absolute Gasteiger partial charge is 0.173 e. The van der Waals surface area contributed by atoms with E-state index in [9.17, 15) is 4.39 Å². The number of thiocarbonyl (C=S) groups is 1. The Morgan fingerprint density at radius 1 is 0.929 bits per heavy atom. The second-order valence-corrected chi connectivity index (χ2v) is 6.76. The minimum Gasteiger partial charge on any atom is -0.489 e. The zero-order valence-electron chi connectivity index (χ0n) is 15.8. The number of rotatable bonds is 7. The molecule has 0 heterocycles. The van der Waals surface area contributed by atoms with E-state index < -0.39 is 0 Å². The topological polar surface area (TPSA) is 24.5 Å². The van der Waals surface area contributed by atoms with Crippen LogP contribution in [0.1, 0.15) is 18.1 Å². The fourth-order valence-corrected chi connectivity index (χ4v) is 3.03. The molecule has 28 heavy (non-hydrogen) atoms. The monoisotopic (exact) mass is 394 g/mol. The first-order chi connectivity index (χ1) is 13.6. The molecule has 0 atom stereocenters. The Morgan fingerprint density at radius 2 is 1.61 bits per heavy atom. The van der Waals surface area contributed by atoms with E-state index in [1.807, 2.05) is 54.6 Å². The summed E-state index contributed by atoms with van der Waals surface area (Å²) in [6, 6.07) is 24.3.